The van der Waals surface area contributed by atoms with Crippen LogP contribution in [-0.2, 0) is 11.2 Å². The highest BCUT2D eigenvalue weighted by molar-refractivity contribution is 5.83. The lowest BCUT2D eigenvalue weighted by atomic mass is 10.0. The second kappa shape index (κ2) is 5.84. The van der Waals surface area contributed by atoms with Crippen molar-refractivity contribution >= 4 is 5.91 Å². The van der Waals surface area contributed by atoms with Crippen LogP contribution in [0.2, 0.25) is 0 Å². The van der Waals surface area contributed by atoms with Crippen LogP contribution < -0.4 is 0 Å². The van der Waals surface area contributed by atoms with Gasteiger partial charge in [0.1, 0.15) is 11.6 Å². The zero-order valence-electron chi connectivity index (χ0n) is 13.0. The number of benzene rings is 1. The van der Waals surface area contributed by atoms with E-state index >= 15 is 0 Å². The van der Waals surface area contributed by atoms with Crippen molar-refractivity contribution in [2.75, 3.05) is 6.54 Å². The number of carbonyl (C=O) groups excluding carboxylic acids is 1. The van der Waals surface area contributed by atoms with E-state index in [1.54, 1.807) is 6.26 Å². The van der Waals surface area contributed by atoms with Gasteiger partial charge in [-0.3, -0.25) is 4.79 Å². The van der Waals surface area contributed by atoms with Gasteiger partial charge in [0.15, 0.2) is 0 Å². The van der Waals surface area contributed by atoms with Crippen molar-refractivity contribution in [3.8, 4) is 0 Å². The molecule has 1 aliphatic carbocycles. The molecule has 2 fully saturated rings. The lowest BCUT2D eigenvalue weighted by Gasteiger charge is -2.25. The topological polar surface area (TPSA) is 33.5 Å². The highest BCUT2D eigenvalue weighted by Crippen LogP contribution is 2.49. The molecule has 0 bridgehead atoms. The normalized spacial score (nSPS) is 26.5. The molecule has 2 aliphatic rings. The van der Waals surface area contributed by atoms with Gasteiger partial charge in [-0.05, 0) is 55.5 Å². The molecule has 1 aliphatic heterocycles. The van der Waals surface area contributed by atoms with Gasteiger partial charge in [0, 0.05) is 24.4 Å². The molecule has 4 rings (SSSR count). The quantitative estimate of drug-likeness (QED) is 0.861. The molecule has 120 valence electrons. The van der Waals surface area contributed by atoms with Gasteiger partial charge in [0.25, 0.3) is 0 Å². The summed E-state index contributed by atoms with van der Waals surface area (Å²) < 4.78 is 18.5. The Kier molecular flexibility index (Phi) is 3.68. The van der Waals surface area contributed by atoms with Crippen molar-refractivity contribution in [3.05, 3.63) is 59.8 Å². The largest absolute Gasteiger partial charge is 0.469 e. The lowest BCUT2D eigenvalue weighted by molar-refractivity contribution is -0.133. The van der Waals surface area contributed by atoms with E-state index in [0.29, 0.717) is 0 Å². The van der Waals surface area contributed by atoms with E-state index in [1.165, 1.54) is 12.1 Å². The lowest BCUT2D eigenvalue weighted by Crippen LogP contribution is -2.38. The summed E-state index contributed by atoms with van der Waals surface area (Å²) in [6.45, 7) is 0.839. The van der Waals surface area contributed by atoms with Gasteiger partial charge in [-0.25, -0.2) is 4.39 Å². The van der Waals surface area contributed by atoms with Crippen molar-refractivity contribution in [1.29, 1.82) is 0 Å². The Morgan fingerprint density at radius 1 is 1.26 bits per heavy atom. The number of likely N-dealkylation sites (tertiary alicyclic amines) is 1. The smallest absolute Gasteiger partial charge is 0.226 e. The molecule has 2 aromatic rings. The number of hydrogen-bond acceptors (Lipinski definition) is 2. The van der Waals surface area contributed by atoms with Gasteiger partial charge in [-0.15, -0.1) is 0 Å². The molecule has 23 heavy (non-hydrogen) atoms. The van der Waals surface area contributed by atoms with Crippen molar-refractivity contribution in [1.82, 2.24) is 4.90 Å². The van der Waals surface area contributed by atoms with E-state index in [0.717, 1.165) is 43.6 Å². The van der Waals surface area contributed by atoms with Crippen LogP contribution in [0.25, 0.3) is 0 Å². The fraction of sp³-hybridized carbons (Fsp3) is 0.421. The number of amides is 1. The predicted molar refractivity (Wildman–Crippen MR) is 84.4 cm³/mol. The summed E-state index contributed by atoms with van der Waals surface area (Å²) in [5, 5.41) is 0. The van der Waals surface area contributed by atoms with E-state index in [4.69, 9.17) is 4.42 Å². The fourth-order valence-electron chi connectivity index (χ4n) is 3.73. The Morgan fingerprint density at radius 2 is 2.09 bits per heavy atom. The first kappa shape index (κ1) is 14.5. The van der Waals surface area contributed by atoms with Crippen LogP contribution in [0.5, 0.6) is 0 Å². The molecule has 3 unspecified atom stereocenters. The summed E-state index contributed by atoms with van der Waals surface area (Å²) in [6.07, 6.45) is 5.45. The Labute approximate surface area is 135 Å². The monoisotopic (exact) mass is 313 g/mol. The first-order valence-electron chi connectivity index (χ1n) is 8.30. The fourth-order valence-corrected chi connectivity index (χ4v) is 3.73. The molecule has 0 spiro atoms. The number of carbonyl (C=O) groups is 1. The van der Waals surface area contributed by atoms with Crippen LogP contribution in [-0.4, -0.2) is 23.4 Å². The summed E-state index contributed by atoms with van der Waals surface area (Å²) in [5.41, 5.74) is 1.09. The molecule has 4 heteroatoms. The zero-order valence-corrected chi connectivity index (χ0v) is 13.0. The summed E-state index contributed by atoms with van der Waals surface area (Å²) in [7, 11) is 0. The Bertz CT molecular complexity index is 680. The average molecular weight is 313 g/mol. The van der Waals surface area contributed by atoms with Crippen molar-refractivity contribution in [3.63, 3.8) is 0 Å². The second-order valence-corrected chi connectivity index (χ2v) is 6.62. The maximum Gasteiger partial charge on any atom is 0.226 e. The molecular formula is C19H20FNO2. The number of halogens is 1. The minimum Gasteiger partial charge on any atom is -0.469 e. The van der Waals surface area contributed by atoms with Gasteiger partial charge < -0.3 is 9.32 Å². The van der Waals surface area contributed by atoms with Gasteiger partial charge >= 0.3 is 0 Å². The van der Waals surface area contributed by atoms with Gasteiger partial charge in [0.05, 0.1) is 6.26 Å². The molecule has 1 saturated carbocycles. The Balaban J connectivity index is 1.41. The Morgan fingerprint density at radius 3 is 2.83 bits per heavy atom. The number of furan rings is 1. The maximum atomic E-state index is 13.0. The van der Waals surface area contributed by atoms with Crippen LogP contribution >= 0.6 is 0 Å². The third kappa shape index (κ3) is 2.90. The molecule has 1 aromatic carbocycles. The first-order chi connectivity index (χ1) is 11.2. The third-order valence-electron chi connectivity index (χ3n) is 5.06. The third-order valence-corrected chi connectivity index (χ3v) is 5.06. The van der Waals surface area contributed by atoms with E-state index in [-0.39, 0.29) is 29.6 Å². The second-order valence-electron chi connectivity index (χ2n) is 6.62. The van der Waals surface area contributed by atoms with Crippen molar-refractivity contribution < 1.29 is 13.6 Å². The number of hydrogen-bond donors (Lipinski definition) is 0. The van der Waals surface area contributed by atoms with Gasteiger partial charge in [-0.2, -0.15) is 0 Å². The molecule has 0 N–H and O–H groups in total. The van der Waals surface area contributed by atoms with Crippen LogP contribution in [0.1, 0.15) is 36.5 Å². The van der Waals surface area contributed by atoms with Crippen LogP contribution in [0, 0.1) is 11.7 Å². The minimum atomic E-state index is -0.215. The molecule has 1 saturated heterocycles. The standard InChI is InChI=1S/C19H20FNO2/c20-14-7-5-13(6-8-14)11-15-3-1-9-21(15)19(22)17-12-16(17)18-4-2-10-23-18/h2,4-8,10,15-17H,1,3,9,11-12H2. The van der Waals surface area contributed by atoms with E-state index in [9.17, 15) is 9.18 Å². The molecule has 0 radical (unpaired) electrons. The highest BCUT2D eigenvalue weighted by atomic mass is 19.1. The van der Waals surface area contributed by atoms with Crippen molar-refractivity contribution in [2.45, 2.75) is 37.6 Å². The van der Waals surface area contributed by atoms with E-state index in [1.807, 2.05) is 29.2 Å². The van der Waals surface area contributed by atoms with Crippen LogP contribution in [0.3, 0.4) is 0 Å². The first-order valence-corrected chi connectivity index (χ1v) is 8.30. The predicted octanol–water partition coefficient (Wildman–Crippen LogP) is 3.76. The average Bonchev–Trinajstić information content (AvgIpc) is 2.98. The molecule has 3 atom stereocenters. The van der Waals surface area contributed by atoms with Gasteiger partial charge in [-0.1, -0.05) is 12.1 Å². The number of nitrogens with zero attached hydrogens (tertiary/aromatic N) is 1. The van der Waals surface area contributed by atoms with E-state index < -0.39 is 0 Å². The zero-order chi connectivity index (χ0) is 15.8. The highest BCUT2D eigenvalue weighted by Gasteiger charge is 2.49. The molecule has 2 heterocycles. The van der Waals surface area contributed by atoms with Crippen LogP contribution in [0.15, 0.2) is 47.1 Å². The summed E-state index contributed by atoms with van der Waals surface area (Å²) >= 11 is 0. The SMILES string of the molecule is O=C(C1CC1c1ccco1)N1CCCC1Cc1ccc(F)cc1. The number of rotatable bonds is 4. The van der Waals surface area contributed by atoms with Gasteiger partial charge in [0.2, 0.25) is 5.91 Å². The molecule has 1 amide bonds. The minimum absolute atomic E-state index is 0.0787. The molecular weight excluding hydrogens is 293 g/mol. The van der Waals surface area contributed by atoms with Crippen molar-refractivity contribution in [2.24, 2.45) is 5.92 Å². The summed E-state index contributed by atoms with van der Waals surface area (Å²) in [6, 6.07) is 10.7. The van der Waals surface area contributed by atoms with Crippen LogP contribution in [0.4, 0.5) is 4.39 Å². The summed E-state index contributed by atoms with van der Waals surface area (Å²) in [4.78, 5) is 14.8. The maximum absolute atomic E-state index is 13.0. The molecule has 1 aromatic heterocycles. The Hall–Kier alpha value is -2.10. The summed E-state index contributed by atoms with van der Waals surface area (Å²) in [5.74, 6) is 1.31. The van der Waals surface area contributed by atoms with E-state index in [2.05, 4.69) is 0 Å². The molecule has 3 nitrogen and oxygen atoms in total.